The monoisotopic (exact) mass is 633 g/mol. The minimum absolute atomic E-state index is 0.0208. The lowest BCUT2D eigenvalue weighted by molar-refractivity contribution is 0.0600. The molecule has 2 amide bonds. The van der Waals surface area contributed by atoms with Crippen LogP contribution in [0.25, 0.3) is 28.1 Å². The fourth-order valence-corrected chi connectivity index (χ4v) is 6.19. The zero-order valence-corrected chi connectivity index (χ0v) is 27.0. The number of carbonyl (C=O) groups excluding carboxylic acids is 2. The number of likely N-dealkylation sites (tertiary alicyclic amines) is 1. The zero-order valence-electron chi connectivity index (χ0n) is 27.0. The SMILES string of the molecule is COCCN1C[C@@H](NC(=O)Nc2c(C)c(-c3cnn(C)c3)nn2-c2ccccc2)[C@H](c2cccc(-c3cccc(C(=O)OC)c3)c2)C1. The number of para-hydroxylation sites is 1. The number of hydrogen-bond donors (Lipinski definition) is 2. The normalized spacial score (nSPS) is 16.3. The first-order valence-corrected chi connectivity index (χ1v) is 15.6. The number of urea groups is 1. The van der Waals surface area contributed by atoms with E-state index in [0.29, 0.717) is 24.5 Å². The minimum atomic E-state index is -0.376. The second kappa shape index (κ2) is 14.0. The average Bonchev–Trinajstić information content (AvgIpc) is 3.80. The number of nitrogens with one attached hydrogen (secondary N) is 2. The molecule has 6 rings (SSSR count). The number of anilines is 1. The first-order valence-electron chi connectivity index (χ1n) is 15.6. The Balaban J connectivity index is 1.28. The van der Waals surface area contributed by atoms with Crippen LogP contribution in [0.2, 0.25) is 0 Å². The van der Waals surface area contributed by atoms with Crippen molar-refractivity contribution in [2.45, 2.75) is 18.9 Å². The Morgan fingerprint density at radius 1 is 0.936 bits per heavy atom. The van der Waals surface area contributed by atoms with Crippen LogP contribution in [-0.4, -0.2) is 83.0 Å². The van der Waals surface area contributed by atoms with Gasteiger partial charge in [0.05, 0.1) is 37.2 Å². The van der Waals surface area contributed by atoms with E-state index < -0.39 is 0 Å². The van der Waals surface area contributed by atoms with E-state index in [-0.39, 0.29) is 24.0 Å². The van der Waals surface area contributed by atoms with Gasteiger partial charge in [-0.05, 0) is 47.9 Å². The fraction of sp³-hybridized carbons (Fsp3) is 0.278. The summed E-state index contributed by atoms with van der Waals surface area (Å²) in [6, 6.07) is 25.0. The third-order valence-corrected chi connectivity index (χ3v) is 8.59. The Kier molecular flexibility index (Phi) is 9.46. The number of benzene rings is 3. The van der Waals surface area contributed by atoms with Crippen molar-refractivity contribution in [3.8, 4) is 28.1 Å². The van der Waals surface area contributed by atoms with E-state index >= 15 is 0 Å². The lowest BCUT2D eigenvalue weighted by Gasteiger charge is -2.21. The standard InChI is InChI=1S/C36H39N7O4/c1-24-33(29-20-37-41(2)21-29)40-43(30-14-6-5-7-15-30)34(24)39-36(45)38-32-23-42(16-17-46-3)22-31(32)27-12-8-10-25(18-27)26-11-9-13-28(19-26)35(44)47-4/h5-15,18-21,31-32H,16-17,22-23H2,1-4H3,(H2,38,39,45)/t31-,32+/m0/s1. The Morgan fingerprint density at radius 2 is 1.70 bits per heavy atom. The second-order valence-electron chi connectivity index (χ2n) is 11.7. The number of methoxy groups -OCH3 is 2. The quantitative estimate of drug-likeness (QED) is 0.201. The van der Waals surface area contributed by atoms with Crippen molar-refractivity contribution in [2.24, 2.45) is 7.05 Å². The van der Waals surface area contributed by atoms with Crippen LogP contribution in [0.1, 0.15) is 27.4 Å². The molecule has 2 aromatic heterocycles. The minimum Gasteiger partial charge on any atom is -0.465 e. The van der Waals surface area contributed by atoms with Gasteiger partial charge >= 0.3 is 12.0 Å². The van der Waals surface area contributed by atoms with Gasteiger partial charge in [-0.2, -0.15) is 10.2 Å². The molecule has 0 aliphatic carbocycles. The Hall–Kier alpha value is -5.26. The number of esters is 1. The van der Waals surface area contributed by atoms with Crippen LogP contribution in [-0.2, 0) is 16.5 Å². The molecule has 11 heteroatoms. The largest absolute Gasteiger partial charge is 0.465 e. The molecule has 2 N–H and O–H groups in total. The van der Waals surface area contributed by atoms with Crippen LogP contribution >= 0.6 is 0 Å². The number of carbonyl (C=O) groups is 2. The Morgan fingerprint density at radius 3 is 2.43 bits per heavy atom. The van der Waals surface area contributed by atoms with Crippen molar-refractivity contribution in [2.75, 3.05) is 45.8 Å². The van der Waals surface area contributed by atoms with Crippen LogP contribution in [0.15, 0.2) is 91.3 Å². The van der Waals surface area contributed by atoms with Gasteiger partial charge < -0.3 is 14.8 Å². The maximum absolute atomic E-state index is 13.8. The molecular formula is C36H39N7O4. The van der Waals surface area contributed by atoms with Crippen LogP contribution in [0.5, 0.6) is 0 Å². The summed E-state index contributed by atoms with van der Waals surface area (Å²) in [6.07, 6.45) is 3.68. The third kappa shape index (κ3) is 6.96. The number of aryl methyl sites for hydroxylation is 1. The van der Waals surface area contributed by atoms with Crippen molar-refractivity contribution in [1.82, 2.24) is 29.8 Å². The van der Waals surface area contributed by atoms with Crippen molar-refractivity contribution in [3.05, 3.63) is 108 Å². The van der Waals surface area contributed by atoms with Gasteiger partial charge in [0.1, 0.15) is 11.5 Å². The summed E-state index contributed by atoms with van der Waals surface area (Å²) in [5.74, 6) is 0.234. The Labute approximate surface area is 274 Å². The fourth-order valence-electron chi connectivity index (χ4n) is 6.19. The molecule has 3 heterocycles. The predicted octanol–water partition coefficient (Wildman–Crippen LogP) is 5.27. The van der Waals surface area contributed by atoms with E-state index in [1.165, 1.54) is 7.11 Å². The summed E-state index contributed by atoms with van der Waals surface area (Å²) in [7, 11) is 4.94. The molecule has 242 valence electrons. The van der Waals surface area contributed by atoms with E-state index in [1.807, 2.05) is 80.8 Å². The van der Waals surface area contributed by atoms with Crippen molar-refractivity contribution < 1.29 is 19.1 Å². The Bertz CT molecular complexity index is 1870. The van der Waals surface area contributed by atoms with E-state index in [2.05, 4.69) is 32.8 Å². The molecule has 0 saturated carbocycles. The molecule has 0 radical (unpaired) electrons. The number of nitrogens with zero attached hydrogens (tertiary/aromatic N) is 5. The lowest BCUT2D eigenvalue weighted by Crippen LogP contribution is -2.42. The summed E-state index contributed by atoms with van der Waals surface area (Å²) in [5, 5.41) is 15.6. The maximum Gasteiger partial charge on any atom is 0.337 e. The molecule has 1 saturated heterocycles. The highest BCUT2D eigenvalue weighted by molar-refractivity contribution is 5.92. The van der Waals surface area contributed by atoms with E-state index in [4.69, 9.17) is 14.6 Å². The predicted molar refractivity (Wildman–Crippen MR) is 181 cm³/mol. The number of aromatic nitrogens is 4. The highest BCUT2D eigenvalue weighted by Crippen LogP contribution is 2.33. The van der Waals surface area contributed by atoms with E-state index in [0.717, 1.165) is 52.3 Å². The van der Waals surface area contributed by atoms with Gasteiger partial charge in [0.15, 0.2) is 0 Å². The van der Waals surface area contributed by atoms with Gasteiger partial charge in [0, 0.05) is 57.0 Å². The van der Waals surface area contributed by atoms with Gasteiger partial charge in [-0.15, -0.1) is 0 Å². The van der Waals surface area contributed by atoms with Crippen molar-refractivity contribution >= 4 is 17.8 Å². The molecular weight excluding hydrogens is 594 g/mol. The molecule has 47 heavy (non-hydrogen) atoms. The van der Waals surface area contributed by atoms with Crippen LogP contribution in [0, 0.1) is 6.92 Å². The first kappa shape index (κ1) is 31.7. The van der Waals surface area contributed by atoms with Gasteiger partial charge in [0.2, 0.25) is 0 Å². The highest BCUT2D eigenvalue weighted by atomic mass is 16.5. The molecule has 1 aliphatic heterocycles. The van der Waals surface area contributed by atoms with Crippen molar-refractivity contribution in [1.29, 1.82) is 0 Å². The molecule has 0 bridgehead atoms. The smallest absolute Gasteiger partial charge is 0.337 e. The molecule has 2 atom stereocenters. The number of amides is 2. The molecule has 11 nitrogen and oxygen atoms in total. The van der Waals surface area contributed by atoms with Gasteiger partial charge in [0.25, 0.3) is 0 Å². The van der Waals surface area contributed by atoms with Gasteiger partial charge in [-0.3, -0.25) is 14.9 Å². The molecule has 0 unspecified atom stereocenters. The van der Waals surface area contributed by atoms with Crippen LogP contribution in [0.3, 0.4) is 0 Å². The molecule has 1 aliphatic rings. The summed E-state index contributed by atoms with van der Waals surface area (Å²) in [5.41, 5.74) is 6.77. The number of ether oxygens (including phenoxy) is 2. The summed E-state index contributed by atoms with van der Waals surface area (Å²) in [4.78, 5) is 28.3. The highest BCUT2D eigenvalue weighted by Gasteiger charge is 2.35. The lowest BCUT2D eigenvalue weighted by atomic mass is 9.91. The topological polar surface area (TPSA) is 116 Å². The summed E-state index contributed by atoms with van der Waals surface area (Å²) >= 11 is 0. The molecule has 3 aromatic carbocycles. The van der Waals surface area contributed by atoms with Gasteiger partial charge in [-0.1, -0.05) is 54.6 Å². The van der Waals surface area contributed by atoms with Crippen LogP contribution in [0.4, 0.5) is 10.6 Å². The number of rotatable bonds is 10. The first-order chi connectivity index (χ1) is 22.8. The maximum atomic E-state index is 13.8. The molecule has 0 spiro atoms. The van der Waals surface area contributed by atoms with Gasteiger partial charge in [-0.25, -0.2) is 14.3 Å². The van der Waals surface area contributed by atoms with E-state index in [9.17, 15) is 9.59 Å². The zero-order chi connectivity index (χ0) is 32.9. The molecule has 1 fully saturated rings. The second-order valence-corrected chi connectivity index (χ2v) is 11.7. The van der Waals surface area contributed by atoms with Crippen molar-refractivity contribution in [3.63, 3.8) is 0 Å². The third-order valence-electron chi connectivity index (χ3n) is 8.59. The number of hydrogen-bond acceptors (Lipinski definition) is 7. The van der Waals surface area contributed by atoms with Crippen LogP contribution < -0.4 is 10.6 Å². The molecule has 5 aromatic rings. The average molecular weight is 634 g/mol. The summed E-state index contributed by atoms with van der Waals surface area (Å²) in [6.45, 7) is 4.73. The summed E-state index contributed by atoms with van der Waals surface area (Å²) < 4.78 is 13.8. The van der Waals surface area contributed by atoms with E-state index in [1.54, 1.807) is 28.7 Å².